The summed E-state index contributed by atoms with van der Waals surface area (Å²) in [5.74, 6) is 5.37. The monoisotopic (exact) mass is 322 g/mol. The van der Waals surface area contributed by atoms with Gasteiger partial charge >= 0.3 is 0 Å². The summed E-state index contributed by atoms with van der Waals surface area (Å²) >= 11 is 3.45. The highest BCUT2D eigenvalue weighted by atomic mass is 79.9. The van der Waals surface area contributed by atoms with Gasteiger partial charge in [-0.2, -0.15) is 0 Å². The zero-order valence-corrected chi connectivity index (χ0v) is 12.5. The van der Waals surface area contributed by atoms with Gasteiger partial charge in [-0.25, -0.2) is 9.82 Å². The van der Waals surface area contributed by atoms with Gasteiger partial charge in [0.05, 0.1) is 6.04 Å². The van der Waals surface area contributed by atoms with Gasteiger partial charge < -0.3 is 0 Å². The molecule has 1 atom stereocenters. The minimum Gasteiger partial charge on any atom is -0.271 e. The number of hydrazine groups is 1. The third-order valence-electron chi connectivity index (χ3n) is 3.03. The Morgan fingerprint density at radius 3 is 2.47 bits per heavy atom. The molecule has 0 aliphatic carbocycles. The molecule has 0 bridgehead atoms. The number of benzene rings is 2. The molecule has 3 N–H and O–H groups in total. The highest BCUT2D eigenvalue weighted by Crippen LogP contribution is 2.27. The van der Waals surface area contributed by atoms with Gasteiger partial charge in [-0.05, 0) is 43.2 Å². The average molecular weight is 323 g/mol. The van der Waals surface area contributed by atoms with Crippen LogP contribution in [0.25, 0.3) is 0 Å². The van der Waals surface area contributed by atoms with Gasteiger partial charge in [-0.1, -0.05) is 39.7 Å². The lowest BCUT2D eigenvalue weighted by Gasteiger charge is -2.19. The van der Waals surface area contributed by atoms with Crippen molar-refractivity contribution in [3.63, 3.8) is 0 Å². The summed E-state index contributed by atoms with van der Waals surface area (Å²) in [4.78, 5) is 0. The van der Waals surface area contributed by atoms with Crippen LogP contribution in [0.1, 0.15) is 28.3 Å². The van der Waals surface area contributed by atoms with Crippen LogP contribution in [-0.2, 0) is 0 Å². The molecular weight excluding hydrogens is 307 g/mol. The summed E-state index contributed by atoms with van der Waals surface area (Å²) < 4.78 is 14.9. The zero-order valence-electron chi connectivity index (χ0n) is 10.9. The Morgan fingerprint density at radius 1 is 1.11 bits per heavy atom. The third-order valence-corrected chi connectivity index (χ3v) is 3.48. The number of nitrogens with one attached hydrogen (secondary N) is 1. The minimum atomic E-state index is -0.365. The first kappa shape index (κ1) is 14.2. The van der Waals surface area contributed by atoms with Crippen LogP contribution in [0.4, 0.5) is 4.39 Å². The van der Waals surface area contributed by atoms with Crippen molar-refractivity contribution in [3.8, 4) is 0 Å². The lowest BCUT2D eigenvalue weighted by molar-refractivity contribution is 0.559. The molecule has 0 saturated heterocycles. The summed E-state index contributed by atoms with van der Waals surface area (Å²) in [5, 5.41) is 0. The topological polar surface area (TPSA) is 38.0 Å². The van der Waals surface area contributed by atoms with E-state index in [1.165, 1.54) is 6.07 Å². The van der Waals surface area contributed by atoms with Crippen LogP contribution in [0.2, 0.25) is 0 Å². The van der Waals surface area contributed by atoms with E-state index in [0.717, 1.165) is 21.2 Å². The molecule has 19 heavy (non-hydrogen) atoms. The third kappa shape index (κ3) is 3.21. The largest absolute Gasteiger partial charge is 0.271 e. The quantitative estimate of drug-likeness (QED) is 0.667. The minimum absolute atomic E-state index is 0.258. The van der Waals surface area contributed by atoms with Crippen LogP contribution >= 0.6 is 15.9 Å². The second-order valence-electron chi connectivity index (χ2n) is 4.69. The van der Waals surface area contributed by atoms with E-state index in [0.29, 0.717) is 5.56 Å². The molecule has 0 spiro atoms. The molecule has 0 amide bonds. The van der Waals surface area contributed by atoms with E-state index in [4.69, 9.17) is 5.84 Å². The van der Waals surface area contributed by atoms with E-state index in [1.807, 2.05) is 38.1 Å². The maximum absolute atomic E-state index is 14.0. The van der Waals surface area contributed by atoms with Crippen LogP contribution in [0.15, 0.2) is 40.9 Å². The van der Waals surface area contributed by atoms with E-state index in [1.54, 1.807) is 6.07 Å². The Hall–Kier alpha value is -1.23. The Labute approximate surface area is 120 Å². The van der Waals surface area contributed by atoms with E-state index in [-0.39, 0.29) is 11.9 Å². The lowest BCUT2D eigenvalue weighted by atomic mass is 9.96. The maximum atomic E-state index is 14.0. The fraction of sp³-hybridized carbons (Fsp3) is 0.200. The molecule has 2 nitrogen and oxygen atoms in total. The Balaban J connectivity index is 2.52. The molecule has 0 radical (unpaired) electrons. The van der Waals surface area contributed by atoms with Crippen molar-refractivity contribution in [2.45, 2.75) is 19.9 Å². The number of hydrogen-bond donors (Lipinski definition) is 2. The zero-order chi connectivity index (χ0) is 14.0. The molecule has 2 aromatic carbocycles. The van der Waals surface area contributed by atoms with E-state index >= 15 is 0 Å². The fourth-order valence-electron chi connectivity index (χ4n) is 2.18. The van der Waals surface area contributed by atoms with Crippen molar-refractivity contribution < 1.29 is 4.39 Å². The van der Waals surface area contributed by atoms with E-state index < -0.39 is 0 Å². The van der Waals surface area contributed by atoms with Gasteiger partial charge in [0, 0.05) is 10.0 Å². The molecule has 2 rings (SSSR count). The van der Waals surface area contributed by atoms with Crippen LogP contribution in [-0.4, -0.2) is 0 Å². The van der Waals surface area contributed by atoms with Crippen molar-refractivity contribution in [2.75, 3.05) is 0 Å². The van der Waals surface area contributed by atoms with Crippen molar-refractivity contribution in [3.05, 3.63) is 68.9 Å². The lowest BCUT2D eigenvalue weighted by Crippen LogP contribution is -2.29. The van der Waals surface area contributed by atoms with E-state index in [2.05, 4.69) is 21.4 Å². The van der Waals surface area contributed by atoms with Gasteiger partial charge in [-0.3, -0.25) is 5.84 Å². The fourth-order valence-corrected chi connectivity index (χ4v) is 2.81. The molecule has 4 heteroatoms. The van der Waals surface area contributed by atoms with Crippen LogP contribution < -0.4 is 11.3 Å². The number of rotatable bonds is 3. The highest BCUT2D eigenvalue weighted by Gasteiger charge is 2.17. The summed E-state index contributed by atoms with van der Waals surface area (Å²) in [6, 6.07) is 10.6. The maximum Gasteiger partial charge on any atom is 0.128 e. The normalized spacial score (nSPS) is 12.5. The first-order valence-corrected chi connectivity index (χ1v) is 6.80. The van der Waals surface area contributed by atoms with Gasteiger partial charge in [0.15, 0.2) is 0 Å². The molecule has 0 aliphatic heterocycles. The Bertz CT molecular complexity index is 578. The molecule has 2 aromatic rings. The van der Waals surface area contributed by atoms with Crippen molar-refractivity contribution in [1.29, 1.82) is 0 Å². The standard InChI is InChI=1S/C15H16BrFN2/c1-9-3-4-14(17)13(7-9)15(19-18)11-5-10(2)6-12(16)8-11/h3-8,15,19H,18H2,1-2H3. The van der Waals surface area contributed by atoms with Crippen LogP contribution in [0, 0.1) is 19.7 Å². The van der Waals surface area contributed by atoms with Crippen molar-refractivity contribution in [2.24, 2.45) is 5.84 Å². The van der Waals surface area contributed by atoms with Crippen LogP contribution in [0.5, 0.6) is 0 Å². The van der Waals surface area contributed by atoms with Crippen molar-refractivity contribution >= 4 is 15.9 Å². The SMILES string of the molecule is Cc1cc(Br)cc(C(NN)c2cc(C)ccc2F)c1. The molecule has 0 aliphatic rings. The van der Waals surface area contributed by atoms with E-state index in [9.17, 15) is 4.39 Å². The summed E-state index contributed by atoms with van der Waals surface area (Å²) in [6.07, 6.45) is 0. The van der Waals surface area contributed by atoms with Gasteiger partial charge in [-0.15, -0.1) is 0 Å². The molecule has 1 unspecified atom stereocenters. The second kappa shape index (κ2) is 5.82. The number of halogens is 2. The first-order valence-electron chi connectivity index (χ1n) is 6.00. The number of nitrogens with two attached hydrogens (primary N) is 1. The second-order valence-corrected chi connectivity index (χ2v) is 5.60. The first-order chi connectivity index (χ1) is 9.01. The average Bonchev–Trinajstić information content (AvgIpc) is 2.33. The molecule has 0 heterocycles. The predicted molar refractivity (Wildman–Crippen MR) is 79.2 cm³/mol. The molecule has 0 saturated carbocycles. The summed E-state index contributed by atoms with van der Waals surface area (Å²) in [6.45, 7) is 3.93. The molecule has 0 fully saturated rings. The van der Waals surface area contributed by atoms with Gasteiger partial charge in [0.1, 0.15) is 5.82 Å². The smallest absolute Gasteiger partial charge is 0.128 e. The molecule has 0 aromatic heterocycles. The Kier molecular flexibility index (Phi) is 4.34. The molecule has 100 valence electrons. The highest BCUT2D eigenvalue weighted by molar-refractivity contribution is 9.10. The Morgan fingerprint density at radius 2 is 1.84 bits per heavy atom. The molecular formula is C15H16BrFN2. The van der Waals surface area contributed by atoms with Gasteiger partial charge in [0.2, 0.25) is 0 Å². The van der Waals surface area contributed by atoms with Crippen LogP contribution in [0.3, 0.4) is 0 Å². The summed E-state index contributed by atoms with van der Waals surface area (Å²) in [7, 11) is 0. The number of aryl methyl sites for hydroxylation is 2. The van der Waals surface area contributed by atoms with Gasteiger partial charge in [0.25, 0.3) is 0 Å². The predicted octanol–water partition coefficient (Wildman–Crippen LogP) is 3.76. The van der Waals surface area contributed by atoms with Crippen molar-refractivity contribution in [1.82, 2.24) is 5.43 Å². The number of hydrogen-bond acceptors (Lipinski definition) is 2. The summed E-state index contributed by atoms with van der Waals surface area (Å²) in [5.41, 5.74) is 6.28.